The first-order valence-electron chi connectivity index (χ1n) is 7.19. The van der Waals surface area contributed by atoms with Crippen LogP contribution in [0, 0.1) is 0 Å². The Morgan fingerprint density at radius 2 is 2.24 bits per heavy atom. The molecule has 0 spiro atoms. The molecule has 1 aliphatic rings. The lowest BCUT2D eigenvalue weighted by atomic mass is 10.1. The lowest BCUT2D eigenvalue weighted by Gasteiger charge is -2.26. The summed E-state index contributed by atoms with van der Waals surface area (Å²) in [6, 6.07) is 4.15. The summed E-state index contributed by atoms with van der Waals surface area (Å²) in [5.74, 6) is 1.19. The Bertz CT molecular complexity index is 586. The molecule has 3 rings (SSSR count). The van der Waals surface area contributed by atoms with Crippen LogP contribution >= 0.6 is 27.3 Å². The third-order valence-electron chi connectivity index (χ3n) is 3.80. The third kappa shape index (κ3) is 3.71. The summed E-state index contributed by atoms with van der Waals surface area (Å²) >= 11 is 5.01. The molecule has 21 heavy (non-hydrogen) atoms. The van der Waals surface area contributed by atoms with Gasteiger partial charge in [0.25, 0.3) is 5.89 Å². The average molecular weight is 372 g/mol. The maximum absolute atomic E-state index is 9.54. The van der Waals surface area contributed by atoms with E-state index in [-0.39, 0.29) is 12.6 Å². The van der Waals surface area contributed by atoms with E-state index in [4.69, 9.17) is 4.42 Å². The smallest absolute Gasteiger partial charge is 0.257 e. The molecule has 1 aliphatic heterocycles. The zero-order chi connectivity index (χ0) is 14.7. The fraction of sp³-hybridized carbons (Fsp3) is 0.571. The summed E-state index contributed by atoms with van der Waals surface area (Å²) in [4.78, 5) is 3.23. The molecule has 0 aromatic carbocycles. The molecule has 2 aromatic rings. The van der Waals surface area contributed by atoms with Gasteiger partial charge in [-0.3, -0.25) is 4.90 Å². The number of aliphatic hydroxyl groups is 1. The second-order valence-electron chi connectivity index (χ2n) is 5.26. The zero-order valence-corrected chi connectivity index (χ0v) is 14.1. The van der Waals surface area contributed by atoms with E-state index in [0.29, 0.717) is 18.3 Å². The molecule has 1 saturated heterocycles. The minimum absolute atomic E-state index is 0.193. The van der Waals surface area contributed by atoms with E-state index in [1.54, 1.807) is 11.3 Å². The highest BCUT2D eigenvalue weighted by atomic mass is 79.9. The van der Waals surface area contributed by atoms with Crippen LogP contribution in [-0.4, -0.2) is 39.4 Å². The maximum atomic E-state index is 9.54. The van der Waals surface area contributed by atoms with Crippen molar-refractivity contribution in [3.8, 4) is 10.8 Å². The monoisotopic (exact) mass is 371 g/mol. The van der Waals surface area contributed by atoms with Crippen LogP contribution in [0.3, 0.4) is 0 Å². The Hall–Kier alpha value is -0.760. The second-order valence-corrected chi connectivity index (χ2v) is 7.72. The Morgan fingerprint density at radius 3 is 3.00 bits per heavy atom. The summed E-state index contributed by atoms with van der Waals surface area (Å²) in [6.45, 7) is 1.79. The highest BCUT2D eigenvalue weighted by Crippen LogP contribution is 2.30. The van der Waals surface area contributed by atoms with E-state index >= 15 is 0 Å². The lowest BCUT2D eigenvalue weighted by Crippen LogP contribution is -2.37. The van der Waals surface area contributed by atoms with E-state index in [0.717, 1.165) is 28.0 Å². The van der Waals surface area contributed by atoms with Crippen molar-refractivity contribution in [2.45, 2.75) is 38.3 Å². The molecule has 2 aromatic heterocycles. The highest BCUT2D eigenvalue weighted by Gasteiger charge is 2.22. The van der Waals surface area contributed by atoms with E-state index in [1.165, 1.54) is 12.8 Å². The van der Waals surface area contributed by atoms with Crippen LogP contribution in [-0.2, 0) is 6.54 Å². The maximum Gasteiger partial charge on any atom is 0.257 e. The predicted octanol–water partition coefficient (Wildman–Crippen LogP) is 3.30. The van der Waals surface area contributed by atoms with Crippen LogP contribution in [0.2, 0.25) is 0 Å². The largest absolute Gasteiger partial charge is 0.419 e. The Kier molecular flexibility index (Phi) is 5.05. The van der Waals surface area contributed by atoms with Gasteiger partial charge in [0.2, 0.25) is 5.89 Å². The molecule has 0 amide bonds. The van der Waals surface area contributed by atoms with Gasteiger partial charge in [0, 0.05) is 6.04 Å². The average Bonchev–Trinajstić information content (AvgIpc) is 3.04. The number of nitrogens with zero attached hydrogens (tertiary/aromatic N) is 3. The topological polar surface area (TPSA) is 62.4 Å². The van der Waals surface area contributed by atoms with Crippen molar-refractivity contribution in [3.63, 3.8) is 0 Å². The van der Waals surface area contributed by atoms with Crippen molar-refractivity contribution in [2.75, 3.05) is 13.2 Å². The second kappa shape index (κ2) is 7.00. The Labute approximate surface area is 136 Å². The van der Waals surface area contributed by atoms with Crippen molar-refractivity contribution in [2.24, 2.45) is 0 Å². The number of hydrogen-bond donors (Lipinski definition) is 1. The summed E-state index contributed by atoms with van der Waals surface area (Å²) in [5.41, 5.74) is 0. The highest BCUT2D eigenvalue weighted by molar-refractivity contribution is 9.11. The quantitative estimate of drug-likeness (QED) is 0.892. The van der Waals surface area contributed by atoms with Gasteiger partial charge in [-0.25, -0.2) is 0 Å². The summed E-state index contributed by atoms with van der Waals surface area (Å²) in [6.07, 6.45) is 4.61. The van der Waals surface area contributed by atoms with Gasteiger partial charge in [0.1, 0.15) is 0 Å². The van der Waals surface area contributed by atoms with Crippen molar-refractivity contribution in [1.82, 2.24) is 15.1 Å². The summed E-state index contributed by atoms with van der Waals surface area (Å²) < 4.78 is 6.81. The predicted molar refractivity (Wildman–Crippen MR) is 85.1 cm³/mol. The van der Waals surface area contributed by atoms with Gasteiger partial charge in [0.05, 0.1) is 21.8 Å². The summed E-state index contributed by atoms with van der Waals surface area (Å²) in [5, 5.41) is 17.8. The molecule has 1 fully saturated rings. The molecule has 7 heteroatoms. The van der Waals surface area contributed by atoms with E-state index in [1.807, 2.05) is 12.1 Å². The van der Waals surface area contributed by atoms with Crippen molar-refractivity contribution in [1.29, 1.82) is 0 Å². The van der Waals surface area contributed by atoms with Crippen LogP contribution in [0.4, 0.5) is 0 Å². The molecule has 114 valence electrons. The first-order valence-corrected chi connectivity index (χ1v) is 8.80. The van der Waals surface area contributed by atoms with Crippen molar-refractivity contribution in [3.05, 3.63) is 21.8 Å². The molecule has 0 saturated carbocycles. The number of aliphatic hydroxyl groups excluding tert-OH is 1. The van der Waals surface area contributed by atoms with Gasteiger partial charge < -0.3 is 9.52 Å². The first kappa shape index (κ1) is 15.1. The van der Waals surface area contributed by atoms with Gasteiger partial charge >= 0.3 is 0 Å². The van der Waals surface area contributed by atoms with Crippen molar-refractivity contribution >= 4 is 27.3 Å². The number of rotatable bonds is 4. The Morgan fingerprint density at radius 1 is 1.33 bits per heavy atom. The molecule has 1 atom stereocenters. The number of halogens is 1. The Balaban J connectivity index is 1.71. The van der Waals surface area contributed by atoms with E-state index in [2.05, 4.69) is 31.0 Å². The normalized spacial score (nSPS) is 20.6. The van der Waals surface area contributed by atoms with Crippen LogP contribution in [0.15, 0.2) is 20.3 Å². The SMILES string of the molecule is OCC1CCCCCN1Cc1nnc(-c2ccc(Br)s2)o1. The number of thiophene rings is 1. The molecule has 5 nitrogen and oxygen atoms in total. The van der Waals surface area contributed by atoms with E-state index < -0.39 is 0 Å². The van der Waals surface area contributed by atoms with Crippen LogP contribution in [0.1, 0.15) is 31.6 Å². The molecule has 1 N–H and O–H groups in total. The minimum atomic E-state index is 0.193. The van der Waals surface area contributed by atoms with E-state index in [9.17, 15) is 5.11 Å². The molecule has 0 radical (unpaired) electrons. The standard InChI is InChI=1S/C14H18BrN3O2S/c15-12-6-5-11(21-12)14-17-16-13(20-14)8-18-7-3-1-2-4-10(18)9-19/h5-6,10,19H,1-4,7-9H2. The third-order valence-corrected chi connectivity index (χ3v) is 5.41. The summed E-state index contributed by atoms with van der Waals surface area (Å²) in [7, 11) is 0. The van der Waals surface area contributed by atoms with Gasteiger partial charge in [-0.15, -0.1) is 21.5 Å². The molecular formula is C14H18BrN3O2S. The van der Waals surface area contributed by atoms with Gasteiger partial charge in [-0.2, -0.15) is 0 Å². The van der Waals surface area contributed by atoms with Gasteiger partial charge in [-0.1, -0.05) is 12.8 Å². The lowest BCUT2D eigenvalue weighted by molar-refractivity contribution is 0.110. The molecule has 3 heterocycles. The fourth-order valence-electron chi connectivity index (χ4n) is 2.67. The van der Waals surface area contributed by atoms with Crippen LogP contribution in [0.5, 0.6) is 0 Å². The number of likely N-dealkylation sites (tertiary alicyclic amines) is 1. The fourth-order valence-corrected chi connectivity index (χ4v) is 3.98. The first-order chi connectivity index (χ1) is 10.3. The zero-order valence-electron chi connectivity index (χ0n) is 11.7. The number of aromatic nitrogens is 2. The van der Waals surface area contributed by atoms with Crippen LogP contribution < -0.4 is 0 Å². The number of hydrogen-bond acceptors (Lipinski definition) is 6. The molecule has 0 aliphatic carbocycles. The minimum Gasteiger partial charge on any atom is -0.419 e. The van der Waals surface area contributed by atoms with Crippen LogP contribution in [0.25, 0.3) is 10.8 Å². The molecule has 0 bridgehead atoms. The van der Waals surface area contributed by atoms with Gasteiger partial charge in [0.15, 0.2) is 0 Å². The van der Waals surface area contributed by atoms with Gasteiger partial charge in [-0.05, 0) is 47.4 Å². The molecule has 1 unspecified atom stereocenters. The van der Waals surface area contributed by atoms with Crippen molar-refractivity contribution < 1.29 is 9.52 Å². The molecular weight excluding hydrogens is 354 g/mol.